The Hall–Kier alpha value is -2.89. The highest BCUT2D eigenvalue weighted by atomic mass is 32.2. The minimum atomic E-state index is -3.86. The second kappa shape index (κ2) is 9.31. The zero-order valence-electron chi connectivity index (χ0n) is 17.4. The summed E-state index contributed by atoms with van der Waals surface area (Å²) in [5.41, 5.74) is 0.979. The molecule has 1 fully saturated rings. The first-order valence-electron chi connectivity index (χ1n) is 10.0. The van der Waals surface area contributed by atoms with Gasteiger partial charge in [-0.15, -0.1) is 0 Å². The fraction of sp³-hybridized carbons (Fsp3) is 0.333. The number of methoxy groups -OCH3 is 1. The summed E-state index contributed by atoms with van der Waals surface area (Å²) >= 11 is 0.959. The van der Waals surface area contributed by atoms with Crippen LogP contribution < -0.4 is 14.3 Å². The molecule has 2 aromatic carbocycles. The number of aryl methyl sites for hydroxylation is 1. The fourth-order valence-corrected chi connectivity index (χ4v) is 5.61. The van der Waals surface area contributed by atoms with E-state index < -0.39 is 10.0 Å². The van der Waals surface area contributed by atoms with Gasteiger partial charge in [0.2, 0.25) is 5.91 Å². The predicted molar refractivity (Wildman–Crippen MR) is 122 cm³/mol. The Labute approximate surface area is 189 Å². The molecule has 170 valence electrons. The summed E-state index contributed by atoms with van der Waals surface area (Å²) in [6.07, 6.45) is 0.198. The second-order valence-electron chi connectivity index (χ2n) is 7.23. The number of fused-ring (bicyclic) bond motifs is 1. The average molecular weight is 478 g/mol. The number of nitrogens with zero attached hydrogens (tertiary/aromatic N) is 2. The molecule has 0 saturated carbocycles. The summed E-state index contributed by atoms with van der Waals surface area (Å²) in [5.74, 6) is 0.504. The molecule has 1 aliphatic heterocycles. The lowest BCUT2D eigenvalue weighted by atomic mass is 10.3. The van der Waals surface area contributed by atoms with Crippen molar-refractivity contribution in [1.82, 2.24) is 9.47 Å². The lowest BCUT2D eigenvalue weighted by molar-refractivity contribution is -0.135. The van der Waals surface area contributed by atoms with Gasteiger partial charge in [0.15, 0.2) is 0 Å². The molecule has 1 aliphatic rings. The molecular weight excluding hydrogens is 454 g/mol. The van der Waals surface area contributed by atoms with Crippen molar-refractivity contribution in [3.63, 3.8) is 0 Å². The maximum Gasteiger partial charge on any atom is 0.308 e. The monoisotopic (exact) mass is 477 g/mol. The number of anilines is 1. The van der Waals surface area contributed by atoms with Gasteiger partial charge in [0.1, 0.15) is 5.75 Å². The van der Waals surface area contributed by atoms with Crippen LogP contribution >= 0.6 is 11.3 Å². The van der Waals surface area contributed by atoms with Gasteiger partial charge in [0.25, 0.3) is 10.0 Å². The number of benzene rings is 2. The molecule has 1 amide bonds. The summed E-state index contributed by atoms with van der Waals surface area (Å²) in [6.45, 7) is 2.39. The number of hydrogen-bond donors (Lipinski definition) is 1. The Balaban J connectivity index is 1.53. The van der Waals surface area contributed by atoms with Crippen LogP contribution in [0.1, 0.15) is 6.42 Å². The van der Waals surface area contributed by atoms with E-state index in [0.29, 0.717) is 48.0 Å². The second-order valence-corrected chi connectivity index (χ2v) is 9.91. The van der Waals surface area contributed by atoms with Crippen molar-refractivity contribution in [2.24, 2.45) is 0 Å². The van der Waals surface area contributed by atoms with Crippen LogP contribution in [-0.4, -0.2) is 57.2 Å². The summed E-state index contributed by atoms with van der Waals surface area (Å²) in [7, 11) is -2.35. The Morgan fingerprint density at radius 2 is 1.97 bits per heavy atom. The van der Waals surface area contributed by atoms with E-state index in [2.05, 4.69) is 4.72 Å². The molecule has 2 heterocycles. The molecule has 9 nitrogen and oxygen atoms in total. The van der Waals surface area contributed by atoms with Crippen LogP contribution in [0.25, 0.3) is 10.2 Å². The van der Waals surface area contributed by atoms with Crippen molar-refractivity contribution >= 4 is 43.2 Å². The topological polar surface area (TPSA) is 107 Å². The number of sulfonamides is 1. The van der Waals surface area contributed by atoms with Gasteiger partial charge in [-0.25, -0.2) is 8.42 Å². The van der Waals surface area contributed by atoms with E-state index in [0.717, 1.165) is 11.3 Å². The van der Waals surface area contributed by atoms with E-state index in [1.807, 2.05) is 0 Å². The number of aromatic nitrogens is 1. The largest absolute Gasteiger partial charge is 0.497 e. The summed E-state index contributed by atoms with van der Waals surface area (Å²) in [6, 6.07) is 11.1. The number of amides is 1. The van der Waals surface area contributed by atoms with Gasteiger partial charge in [-0.3, -0.25) is 18.9 Å². The molecule has 1 aromatic heterocycles. The normalized spacial score (nSPS) is 14.5. The van der Waals surface area contributed by atoms with Crippen molar-refractivity contribution in [1.29, 1.82) is 0 Å². The highest BCUT2D eigenvalue weighted by Gasteiger charge is 2.20. The Kier molecular flexibility index (Phi) is 6.49. The van der Waals surface area contributed by atoms with Crippen LogP contribution in [0.2, 0.25) is 0 Å². The van der Waals surface area contributed by atoms with Crippen molar-refractivity contribution in [3.8, 4) is 5.75 Å². The Morgan fingerprint density at radius 1 is 1.19 bits per heavy atom. The van der Waals surface area contributed by atoms with Crippen LogP contribution in [0, 0.1) is 0 Å². The number of morpholine rings is 1. The molecule has 0 aliphatic carbocycles. The van der Waals surface area contributed by atoms with E-state index in [-0.39, 0.29) is 28.6 Å². The first kappa shape index (κ1) is 22.3. The molecular formula is C21H23N3O6S2. The number of hydrogen-bond acceptors (Lipinski definition) is 7. The number of rotatable bonds is 7. The Bertz CT molecular complexity index is 1290. The van der Waals surface area contributed by atoms with Gasteiger partial charge in [-0.1, -0.05) is 17.4 Å². The van der Waals surface area contributed by atoms with Gasteiger partial charge in [0.05, 0.1) is 41.1 Å². The molecule has 1 N–H and O–H groups in total. The molecule has 3 aromatic rings. The summed E-state index contributed by atoms with van der Waals surface area (Å²) < 4.78 is 40.6. The number of nitrogens with one attached hydrogen (secondary N) is 1. The van der Waals surface area contributed by atoms with E-state index >= 15 is 0 Å². The van der Waals surface area contributed by atoms with Gasteiger partial charge in [0, 0.05) is 32.1 Å². The molecule has 1 saturated heterocycles. The standard InChI is InChI=1S/C21H23N3O6S2/c1-29-16-4-2-3-15(13-16)22-32(27,28)17-5-6-18-19(14-17)31-21(26)24(18)8-7-20(25)23-9-11-30-12-10-23/h2-6,13-14,22H,7-12H2,1H3. The lowest BCUT2D eigenvalue weighted by Gasteiger charge is -2.26. The van der Waals surface area contributed by atoms with E-state index in [1.54, 1.807) is 35.2 Å². The third kappa shape index (κ3) is 4.79. The molecule has 11 heteroatoms. The maximum absolute atomic E-state index is 12.8. The maximum atomic E-state index is 12.8. The lowest BCUT2D eigenvalue weighted by Crippen LogP contribution is -2.41. The number of thiazole rings is 1. The first-order chi connectivity index (χ1) is 15.4. The molecule has 0 spiro atoms. The smallest absolute Gasteiger partial charge is 0.308 e. The highest BCUT2D eigenvalue weighted by Crippen LogP contribution is 2.25. The van der Waals surface area contributed by atoms with Crippen molar-refractivity contribution in [2.45, 2.75) is 17.9 Å². The minimum absolute atomic E-state index is 0.0266. The highest BCUT2D eigenvalue weighted by molar-refractivity contribution is 7.92. The van der Waals surface area contributed by atoms with Crippen LogP contribution in [0.5, 0.6) is 5.75 Å². The fourth-order valence-electron chi connectivity index (χ4n) is 3.50. The Morgan fingerprint density at radius 3 is 2.72 bits per heavy atom. The molecule has 0 atom stereocenters. The van der Waals surface area contributed by atoms with E-state index in [4.69, 9.17) is 9.47 Å². The zero-order valence-corrected chi connectivity index (χ0v) is 19.1. The van der Waals surface area contributed by atoms with Gasteiger partial charge < -0.3 is 14.4 Å². The van der Waals surface area contributed by atoms with Gasteiger partial charge in [-0.05, 0) is 30.3 Å². The number of carbonyl (C=O) groups excluding carboxylic acids is 1. The average Bonchev–Trinajstić information content (AvgIpc) is 3.12. The molecule has 0 radical (unpaired) electrons. The zero-order chi connectivity index (χ0) is 22.7. The first-order valence-corrected chi connectivity index (χ1v) is 12.3. The number of carbonyl (C=O) groups is 1. The van der Waals surface area contributed by atoms with Crippen molar-refractivity contribution in [2.75, 3.05) is 38.1 Å². The third-order valence-electron chi connectivity index (χ3n) is 5.19. The van der Waals surface area contributed by atoms with Crippen LogP contribution in [0.15, 0.2) is 52.2 Å². The van der Waals surface area contributed by atoms with Crippen LogP contribution in [-0.2, 0) is 26.1 Å². The quantitative estimate of drug-likeness (QED) is 0.559. The molecule has 32 heavy (non-hydrogen) atoms. The van der Waals surface area contributed by atoms with Gasteiger partial charge >= 0.3 is 4.87 Å². The van der Waals surface area contributed by atoms with Crippen molar-refractivity contribution in [3.05, 3.63) is 52.1 Å². The van der Waals surface area contributed by atoms with Crippen LogP contribution in [0.4, 0.5) is 5.69 Å². The molecule has 0 unspecified atom stereocenters. The van der Waals surface area contributed by atoms with E-state index in [1.165, 1.54) is 23.8 Å². The summed E-state index contributed by atoms with van der Waals surface area (Å²) in [5, 5.41) is 0. The van der Waals surface area contributed by atoms with Crippen LogP contribution in [0.3, 0.4) is 0 Å². The summed E-state index contributed by atoms with van der Waals surface area (Å²) in [4.78, 5) is 26.5. The van der Waals surface area contributed by atoms with Crippen molar-refractivity contribution < 1.29 is 22.7 Å². The number of ether oxygens (including phenoxy) is 2. The molecule has 0 bridgehead atoms. The van der Waals surface area contributed by atoms with E-state index in [9.17, 15) is 18.0 Å². The SMILES string of the molecule is COc1cccc(NS(=O)(=O)c2ccc3c(c2)sc(=O)n3CCC(=O)N2CCOCC2)c1. The molecule has 4 rings (SSSR count). The van der Waals surface area contributed by atoms with Gasteiger partial charge in [-0.2, -0.15) is 0 Å². The third-order valence-corrected chi connectivity index (χ3v) is 7.51. The minimum Gasteiger partial charge on any atom is -0.497 e. The predicted octanol–water partition coefficient (Wildman–Crippen LogP) is 2.12.